The van der Waals surface area contributed by atoms with E-state index >= 15 is 0 Å². The Morgan fingerprint density at radius 1 is 0.471 bits per heavy atom. The minimum Gasteiger partial charge on any atom is -1.00 e. The van der Waals surface area contributed by atoms with Crippen molar-refractivity contribution in [3.8, 4) is 0 Å². The van der Waals surface area contributed by atoms with Crippen LogP contribution >= 0.6 is 0 Å². The van der Waals surface area contributed by atoms with E-state index in [0.29, 0.717) is 33.1 Å². The van der Waals surface area contributed by atoms with Crippen LogP contribution in [0.3, 0.4) is 0 Å². The van der Waals surface area contributed by atoms with Crippen LogP contribution in [0.4, 0.5) is 0 Å². The van der Waals surface area contributed by atoms with Gasteiger partial charge in [-0.2, -0.15) is 0 Å². The summed E-state index contributed by atoms with van der Waals surface area (Å²) in [7, 11) is 12.7. The van der Waals surface area contributed by atoms with Crippen LogP contribution in [-0.4, -0.2) is 89.1 Å². The lowest BCUT2D eigenvalue weighted by Gasteiger charge is -2.32. The molecular weight excluding hydrogens is 840 g/mol. The van der Waals surface area contributed by atoms with Crippen LogP contribution < -0.4 is 68.0 Å². The van der Waals surface area contributed by atoms with E-state index in [4.69, 9.17) is 0 Å². The molecule has 0 saturated heterocycles. The van der Waals surface area contributed by atoms with E-state index in [-0.39, 0.29) is 70.6 Å². The number of aryl methyl sites for hydroxylation is 3. The zero-order valence-corrected chi connectivity index (χ0v) is 36.6. The molecule has 0 spiro atoms. The molecule has 0 aliphatic rings. The zero-order chi connectivity index (χ0) is 35.3. The Labute approximate surface area is 335 Å². The van der Waals surface area contributed by atoms with E-state index in [9.17, 15) is 14.4 Å². The Bertz CT molecular complexity index is 1810. The molecule has 9 nitrogen and oxygen atoms in total. The van der Waals surface area contributed by atoms with Crippen LogP contribution in [0.5, 0.6) is 0 Å². The molecule has 0 N–H and O–H groups in total. The van der Waals surface area contributed by atoms with Crippen molar-refractivity contribution in [2.45, 2.75) is 60.0 Å². The van der Waals surface area contributed by atoms with Gasteiger partial charge >= 0.3 is 17.1 Å². The molecule has 0 atom stereocenters. The molecule has 0 fully saturated rings. The number of halogens is 3. The summed E-state index contributed by atoms with van der Waals surface area (Å²) in [5.74, 6) is 0. The standard InChI is InChI=1S/C39H57N6O3.3BrH/c1-31-15-14-18-34(27-31)28-43(4,5)24-21-40-37(46)41(22-25-44(6,7)29-35-19-12-10-16-32(35)2)39(48)42(38(40)47)23-26-45(8,9)30-36-20-13-11-17-33(36)3;;;/h10-20,27H,21-26,28-30H2,1-9H3;3*1H/q+3;;;/p-3. The highest BCUT2D eigenvalue weighted by molar-refractivity contribution is 5.25. The molecule has 0 unspecified atom stereocenters. The molecule has 3 aromatic carbocycles. The molecular formula is C39H57Br3N6O3. The average Bonchev–Trinajstić information content (AvgIpc) is 2.98. The summed E-state index contributed by atoms with van der Waals surface area (Å²) in [5, 5.41) is 0. The third-order valence-corrected chi connectivity index (χ3v) is 9.58. The van der Waals surface area contributed by atoms with E-state index in [2.05, 4.69) is 112 Å². The maximum absolute atomic E-state index is 14.0. The molecule has 1 aromatic heterocycles. The van der Waals surface area contributed by atoms with Gasteiger partial charge < -0.3 is 64.4 Å². The van der Waals surface area contributed by atoms with Gasteiger partial charge in [0.15, 0.2) is 0 Å². The van der Waals surface area contributed by atoms with Crippen molar-refractivity contribution in [3.05, 3.63) is 138 Å². The number of likely N-dealkylation sites (N-methyl/N-ethyl adjacent to an activating group) is 3. The van der Waals surface area contributed by atoms with Crippen LogP contribution in [0.2, 0.25) is 0 Å². The molecule has 282 valence electrons. The van der Waals surface area contributed by atoms with Gasteiger partial charge in [-0.15, -0.1) is 0 Å². The molecule has 12 heteroatoms. The molecule has 0 aliphatic carbocycles. The highest BCUT2D eigenvalue weighted by Gasteiger charge is 2.25. The summed E-state index contributed by atoms with van der Waals surface area (Å²) in [6.45, 7) is 10.9. The summed E-state index contributed by atoms with van der Waals surface area (Å²) >= 11 is 0. The summed E-state index contributed by atoms with van der Waals surface area (Å²) in [5.41, 5.74) is 5.73. The Kier molecular flexibility index (Phi) is 17.7. The summed E-state index contributed by atoms with van der Waals surface area (Å²) in [4.78, 5) is 42.0. The summed E-state index contributed by atoms with van der Waals surface area (Å²) < 4.78 is 5.66. The highest BCUT2D eigenvalue weighted by atomic mass is 79.9. The Morgan fingerprint density at radius 2 is 0.824 bits per heavy atom. The van der Waals surface area contributed by atoms with Gasteiger partial charge in [0.1, 0.15) is 19.6 Å². The van der Waals surface area contributed by atoms with Gasteiger partial charge in [0.05, 0.1) is 81.6 Å². The highest BCUT2D eigenvalue weighted by Crippen LogP contribution is 2.15. The second kappa shape index (κ2) is 19.5. The van der Waals surface area contributed by atoms with Crippen LogP contribution in [0.1, 0.15) is 33.4 Å². The fraction of sp³-hybridized carbons (Fsp3) is 0.462. The third kappa shape index (κ3) is 13.1. The number of hydrogen-bond donors (Lipinski definition) is 0. The van der Waals surface area contributed by atoms with Gasteiger partial charge in [0.25, 0.3) is 0 Å². The van der Waals surface area contributed by atoms with Gasteiger partial charge in [0.2, 0.25) is 0 Å². The fourth-order valence-electron chi connectivity index (χ4n) is 6.41. The Hall–Kier alpha value is -2.61. The lowest BCUT2D eigenvalue weighted by Crippen LogP contribution is -3.00. The van der Waals surface area contributed by atoms with Gasteiger partial charge in [-0.25, -0.2) is 28.1 Å². The Morgan fingerprint density at radius 3 is 1.18 bits per heavy atom. The fourth-order valence-corrected chi connectivity index (χ4v) is 6.41. The maximum atomic E-state index is 14.0. The normalized spacial score (nSPS) is 11.7. The molecule has 51 heavy (non-hydrogen) atoms. The number of quaternary nitrogens is 3. The second-order valence-corrected chi connectivity index (χ2v) is 15.6. The minimum absolute atomic E-state index is 0. The zero-order valence-electron chi connectivity index (χ0n) is 31.8. The first-order valence-corrected chi connectivity index (χ1v) is 17.0. The minimum atomic E-state index is -0.527. The Balaban J connectivity index is 0.00000433. The van der Waals surface area contributed by atoms with Crippen molar-refractivity contribution >= 4 is 0 Å². The number of benzene rings is 3. The third-order valence-electron chi connectivity index (χ3n) is 9.58. The number of rotatable bonds is 15. The SMILES string of the molecule is Cc1cccc(C[N+](C)(C)CCn2c(=O)n(CC[N+](C)(C)Cc3ccccc3C)c(=O)n(CC[N+](C)(C)Cc3ccccc3C)c2=O)c1.[Br-].[Br-].[Br-]. The second-order valence-electron chi connectivity index (χ2n) is 15.6. The van der Waals surface area contributed by atoms with Gasteiger partial charge in [-0.1, -0.05) is 78.4 Å². The van der Waals surface area contributed by atoms with Crippen LogP contribution in [-0.2, 0) is 39.3 Å². The van der Waals surface area contributed by atoms with Crippen LogP contribution in [0.25, 0.3) is 0 Å². The number of hydrogen-bond acceptors (Lipinski definition) is 3. The van der Waals surface area contributed by atoms with Crippen molar-refractivity contribution in [1.82, 2.24) is 13.7 Å². The molecule has 0 saturated carbocycles. The molecule has 0 radical (unpaired) electrons. The van der Waals surface area contributed by atoms with E-state index in [1.54, 1.807) is 0 Å². The molecule has 0 amide bonds. The lowest BCUT2D eigenvalue weighted by atomic mass is 10.1. The number of nitrogens with zero attached hydrogens (tertiary/aromatic N) is 6. The first-order valence-electron chi connectivity index (χ1n) is 17.0. The summed E-state index contributed by atoms with van der Waals surface area (Å²) in [6, 6.07) is 25.0. The maximum Gasteiger partial charge on any atom is 0.336 e. The predicted molar refractivity (Wildman–Crippen MR) is 195 cm³/mol. The van der Waals surface area contributed by atoms with Crippen molar-refractivity contribution < 1.29 is 64.4 Å². The molecule has 4 rings (SSSR count). The van der Waals surface area contributed by atoms with Crippen molar-refractivity contribution in [3.63, 3.8) is 0 Å². The monoisotopic (exact) mass is 894 g/mol. The smallest absolute Gasteiger partial charge is 0.336 e. The quantitative estimate of drug-likeness (QED) is 0.113. The first-order chi connectivity index (χ1) is 22.5. The van der Waals surface area contributed by atoms with Crippen molar-refractivity contribution in [1.29, 1.82) is 0 Å². The largest absolute Gasteiger partial charge is 1.00 e. The summed E-state index contributed by atoms with van der Waals surface area (Å²) in [6.07, 6.45) is 0. The lowest BCUT2D eigenvalue weighted by molar-refractivity contribution is -0.904. The average molecular weight is 898 g/mol. The number of aromatic nitrogens is 3. The van der Waals surface area contributed by atoms with Crippen LogP contribution in [0, 0.1) is 20.8 Å². The molecule has 0 aliphatic heterocycles. The topological polar surface area (TPSA) is 66.0 Å². The van der Waals surface area contributed by atoms with E-state index in [0.717, 1.165) is 19.6 Å². The van der Waals surface area contributed by atoms with E-state index in [1.165, 1.54) is 47.1 Å². The van der Waals surface area contributed by atoms with Crippen molar-refractivity contribution in [2.75, 3.05) is 61.9 Å². The first kappa shape index (κ1) is 46.4. The molecule has 0 bridgehead atoms. The van der Waals surface area contributed by atoms with E-state index < -0.39 is 17.1 Å². The van der Waals surface area contributed by atoms with Gasteiger partial charge in [0, 0.05) is 16.7 Å². The predicted octanol–water partition coefficient (Wildman–Crippen LogP) is -5.06. The van der Waals surface area contributed by atoms with Gasteiger partial charge in [-0.05, 0) is 31.9 Å². The van der Waals surface area contributed by atoms with Gasteiger partial charge in [-0.3, -0.25) is 0 Å². The molecule has 4 aromatic rings. The van der Waals surface area contributed by atoms with Crippen LogP contribution in [0.15, 0.2) is 87.2 Å². The van der Waals surface area contributed by atoms with Crippen molar-refractivity contribution in [2.24, 2.45) is 0 Å². The van der Waals surface area contributed by atoms with E-state index in [1.807, 2.05) is 24.3 Å². The molecule has 1 heterocycles.